The number of carbonyl (C=O) groups is 2. The molecule has 0 fully saturated rings. The largest absolute Gasteiger partial charge is 0.480 e. The lowest BCUT2D eigenvalue weighted by atomic mass is 10.2. The van der Waals surface area contributed by atoms with E-state index in [1.807, 2.05) is 58.0 Å². The highest BCUT2D eigenvalue weighted by Crippen LogP contribution is 2.10. The zero-order valence-electron chi connectivity index (χ0n) is 13.8. The molecule has 0 aromatic heterocycles. The van der Waals surface area contributed by atoms with Gasteiger partial charge in [-0.3, -0.25) is 14.5 Å². The lowest BCUT2D eigenvalue weighted by Gasteiger charge is -2.31. The fourth-order valence-corrected chi connectivity index (χ4v) is 2.20. The van der Waals surface area contributed by atoms with Crippen molar-refractivity contribution in [1.82, 2.24) is 9.80 Å². The Morgan fingerprint density at radius 1 is 1.00 bits per heavy atom. The van der Waals surface area contributed by atoms with Gasteiger partial charge < -0.3 is 10.0 Å². The number of hydrogen-bond donors (Lipinski definition) is 1. The van der Waals surface area contributed by atoms with Crippen molar-refractivity contribution in [3.05, 3.63) is 35.9 Å². The Hall–Kier alpha value is -1.88. The van der Waals surface area contributed by atoms with Crippen LogP contribution in [0.2, 0.25) is 0 Å². The molecule has 0 aliphatic carbocycles. The molecule has 0 saturated carbocycles. The summed E-state index contributed by atoms with van der Waals surface area (Å²) in [7, 11) is 0. The average Bonchev–Trinajstić information content (AvgIpc) is 2.44. The summed E-state index contributed by atoms with van der Waals surface area (Å²) in [6.45, 7) is 8.27. The van der Waals surface area contributed by atoms with Crippen LogP contribution in [0.4, 0.5) is 0 Å². The Morgan fingerprint density at radius 3 is 2.05 bits per heavy atom. The van der Waals surface area contributed by atoms with Crippen molar-refractivity contribution >= 4 is 11.9 Å². The Labute approximate surface area is 132 Å². The Morgan fingerprint density at radius 2 is 1.59 bits per heavy atom. The van der Waals surface area contributed by atoms with E-state index < -0.39 is 5.97 Å². The maximum Gasteiger partial charge on any atom is 0.317 e. The van der Waals surface area contributed by atoms with Crippen LogP contribution in [0.25, 0.3) is 0 Å². The molecule has 0 unspecified atom stereocenters. The predicted molar refractivity (Wildman–Crippen MR) is 86.5 cm³/mol. The molecule has 122 valence electrons. The van der Waals surface area contributed by atoms with Crippen molar-refractivity contribution in [3.63, 3.8) is 0 Å². The van der Waals surface area contributed by atoms with Gasteiger partial charge in [0.1, 0.15) is 0 Å². The number of nitrogens with zero attached hydrogens (tertiary/aromatic N) is 2. The number of aliphatic carboxylic acids is 1. The minimum Gasteiger partial charge on any atom is -0.480 e. The fourth-order valence-electron chi connectivity index (χ4n) is 2.20. The van der Waals surface area contributed by atoms with E-state index in [1.165, 1.54) is 0 Å². The van der Waals surface area contributed by atoms with Crippen molar-refractivity contribution in [2.45, 2.75) is 46.3 Å². The molecule has 0 aliphatic heterocycles. The molecule has 1 aromatic carbocycles. The number of carboxylic acid groups (broad SMARTS) is 1. The quantitative estimate of drug-likeness (QED) is 0.800. The molecule has 0 bridgehead atoms. The first-order valence-electron chi connectivity index (χ1n) is 7.60. The van der Waals surface area contributed by atoms with E-state index in [-0.39, 0.29) is 31.1 Å². The van der Waals surface area contributed by atoms with Crippen LogP contribution in [0.3, 0.4) is 0 Å². The maximum absolute atomic E-state index is 12.6. The molecular weight excluding hydrogens is 280 g/mol. The van der Waals surface area contributed by atoms with Crippen LogP contribution in [-0.4, -0.2) is 52.0 Å². The average molecular weight is 306 g/mol. The van der Waals surface area contributed by atoms with Crippen LogP contribution >= 0.6 is 0 Å². The van der Waals surface area contributed by atoms with Gasteiger partial charge in [0.15, 0.2) is 0 Å². The molecule has 1 rings (SSSR count). The lowest BCUT2D eigenvalue weighted by Crippen LogP contribution is -2.46. The number of carboxylic acids is 1. The first-order valence-corrected chi connectivity index (χ1v) is 7.60. The standard InChI is InChI=1S/C17H26N2O3/c1-13(2)18(12-17(21)22)11-16(20)19(14(3)4)10-15-8-6-5-7-9-15/h5-9,13-14H,10-12H2,1-4H3,(H,21,22). The molecular formula is C17H26N2O3. The molecule has 0 atom stereocenters. The fraction of sp³-hybridized carbons (Fsp3) is 0.529. The second kappa shape index (κ2) is 8.54. The molecule has 0 heterocycles. The summed E-state index contributed by atoms with van der Waals surface area (Å²) in [4.78, 5) is 27.0. The van der Waals surface area contributed by atoms with Crippen LogP contribution in [-0.2, 0) is 16.1 Å². The van der Waals surface area contributed by atoms with Gasteiger partial charge in [-0.1, -0.05) is 30.3 Å². The Bertz CT molecular complexity index is 486. The first kappa shape index (κ1) is 18.2. The summed E-state index contributed by atoms with van der Waals surface area (Å²) < 4.78 is 0. The Kier molecular flexibility index (Phi) is 7.05. The summed E-state index contributed by atoms with van der Waals surface area (Å²) >= 11 is 0. The van der Waals surface area contributed by atoms with E-state index in [0.717, 1.165) is 5.56 Å². The predicted octanol–water partition coefficient (Wildman–Crippen LogP) is 2.22. The molecule has 0 spiro atoms. The zero-order chi connectivity index (χ0) is 16.7. The van der Waals surface area contributed by atoms with E-state index in [0.29, 0.717) is 6.54 Å². The van der Waals surface area contributed by atoms with Crippen LogP contribution < -0.4 is 0 Å². The van der Waals surface area contributed by atoms with E-state index >= 15 is 0 Å². The second-order valence-corrected chi connectivity index (χ2v) is 5.99. The lowest BCUT2D eigenvalue weighted by molar-refractivity contribution is -0.141. The van der Waals surface area contributed by atoms with E-state index in [2.05, 4.69) is 0 Å². The van der Waals surface area contributed by atoms with Gasteiger partial charge in [0, 0.05) is 18.6 Å². The van der Waals surface area contributed by atoms with Crippen molar-refractivity contribution in [2.24, 2.45) is 0 Å². The highest BCUT2D eigenvalue weighted by atomic mass is 16.4. The highest BCUT2D eigenvalue weighted by Gasteiger charge is 2.22. The number of hydrogen-bond acceptors (Lipinski definition) is 3. The van der Waals surface area contributed by atoms with Gasteiger partial charge in [0.2, 0.25) is 5.91 Å². The van der Waals surface area contributed by atoms with Crippen LogP contribution in [0.5, 0.6) is 0 Å². The minimum atomic E-state index is -0.916. The van der Waals surface area contributed by atoms with Gasteiger partial charge in [0.05, 0.1) is 13.1 Å². The number of rotatable bonds is 8. The molecule has 0 radical (unpaired) electrons. The van der Waals surface area contributed by atoms with E-state index in [1.54, 1.807) is 9.80 Å². The summed E-state index contributed by atoms with van der Waals surface area (Å²) in [5.74, 6) is -0.963. The third kappa shape index (κ3) is 5.85. The third-order valence-electron chi connectivity index (χ3n) is 3.55. The molecule has 1 aromatic rings. The third-order valence-corrected chi connectivity index (χ3v) is 3.55. The number of benzene rings is 1. The van der Waals surface area contributed by atoms with Gasteiger partial charge in [-0.15, -0.1) is 0 Å². The topological polar surface area (TPSA) is 60.9 Å². The van der Waals surface area contributed by atoms with E-state index in [9.17, 15) is 9.59 Å². The summed E-state index contributed by atoms with van der Waals surface area (Å²) in [5.41, 5.74) is 1.07. The summed E-state index contributed by atoms with van der Waals surface area (Å²) in [5, 5.41) is 8.96. The molecule has 5 nitrogen and oxygen atoms in total. The first-order chi connectivity index (χ1) is 10.3. The Balaban J connectivity index is 2.78. The number of carbonyl (C=O) groups excluding carboxylic acids is 1. The van der Waals surface area contributed by atoms with Gasteiger partial charge >= 0.3 is 5.97 Å². The summed E-state index contributed by atoms with van der Waals surface area (Å²) in [6, 6.07) is 9.88. The van der Waals surface area contributed by atoms with Crippen LogP contribution in [0, 0.1) is 0 Å². The van der Waals surface area contributed by atoms with Crippen molar-refractivity contribution < 1.29 is 14.7 Å². The maximum atomic E-state index is 12.6. The molecule has 5 heteroatoms. The smallest absolute Gasteiger partial charge is 0.317 e. The molecule has 1 N–H and O–H groups in total. The van der Waals surface area contributed by atoms with Crippen molar-refractivity contribution in [3.8, 4) is 0 Å². The molecule has 1 amide bonds. The van der Waals surface area contributed by atoms with Crippen molar-refractivity contribution in [1.29, 1.82) is 0 Å². The zero-order valence-corrected chi connectivity index (χ0v) is 13.8. The molecule has 22 heavy (non-hydrogen) atoms. The van der Waals surface area contributed by atoms with Crippen LogP contribution in [0.1, 0.15) is 33.3 Å². The minimum absolute atomic E-state index is 0.00536. The second-order valence-electron chi connectivity index (χ2n) is 5.99. The normalized spacial score (nSPS) is 11.2. The highest BCUT2D eigenvalue weighted by molar-refractivity contribution is 5.79. The van der Waals surface area contributed by atoms with Crippen molar-refractivity contribution in [2.75, 3.05) is 13.1 Å². The number of amides is 1. The van der Waals surface area contributed by atoms with Gasteiger partial charge in [0.25, 0.3) is 0 Å². The monoisotopic (exact) mass is 306 g/mol. The van der Waals surface area contributed by atoms with Gasteiger partial charge in [-0.2, -0.15) is 0 Å². The van der Waals surface area contributed by atoms with Gasteiger partial charge in [-0.25, -0.2) is 0 Å². The molecule has 0 aliphatic rings. The van der Waals surface area contributed by atoms with Gasteiger partial charge in [-0.05, 0) is 33.3 Å². The van der Waals surface area contributed by atoms with Crippen LogP contribution in [0.15, 0.2) is 30.3 Å². The van der Waals surface area contributed by atoms with E-state index in [4.69, 9.17) is 5.11 Å². The SMILES string of the molecule is CC(C)N(CC(=O)O)CC(=O)N(Cc1ccccc1)C(C)C. The molecule has 0 saturated heterocycles. The summed E-state index contributed by atoms with van der Waals surface area (Å²) in [6.07, 6.45) is 0.